The molecule has 0 saturated carbocycles. The van der Waals surface area contributed by atoms with E-state index >= 15 is 0 Å². The minimum Gasteiger partial charge on any atom is -1.00 e. The van der Waals surface area contributed by atoms with E-state index in [9.17, 15) is 44.2 Å². The number of ether oxygens (including phenoxy) is 1. The van der Waals surface area contributed by atoms with Crippen LogP contribution >= 0.6 is 0 Å². The smallest absolute Gasteiger partial charge is 1.00 e. The van der Waals surface area contributed by atoms with Crippen LogP contribution in [0.1, 0.15) is 93.5 Å². The third-order valence-electron chi connectivity index (χ3n) is 17.5. The maximum Gasteiger partial charge on any atom is 1.00 e. The summed E-state index contributed by atoms with van der Waals surface area (Å²) in [6, 6.07) is 28.9. The van der Waals surface area contributed by atoms with Crippen LogP contribution in [0.2, 0.25) is 0 Å². The number of hydrogen-bond acceptors (Lipinski definition) is 29. The normalized spacial score (nSPS) is 19.7. The number of esters is 1. The van der Waals surface area contributed by atoms with Crippen molar-refractivity contribution in [2.24, 2.45) is 23.7 Å². The molecule has 8 atom stereocenters. The number of carbonyl (C=O) groups excluding carboxylic acids is 2. The number of benzene rings is 5. The van der Waals surface area contributed by atoms with Crippen LogP contribution in [0.5, 0.6) is 0 Å². The molecule has 105 heavy (non-hydrogen) atoms. The maximum absolute atomic E-state index is 12.6. The molecule has 9 heterocycles. The summed E-state index contributed by atoms with van der Waals surface area (Å²) in [5.41, 5.74) is 11.0. The van der Waals surface area contributed by atoms with E-state index in [1.54, 1.807) is 74.0 Å². The third-order valence-corrected chi connectivity index (χ3v) is 18.2. The van der Waals surface area contributed by atoms with Crippen molar-refractivity contribution in [1.82, 2.24) is 54.9 Å². The number of non-ortho nitro benzene ring substituents is 1. The van der Waals surface area contributed by atoms with Crippen molar-refractivity contribution in [3.8, 4) is 24.3 Å². The number of fused-ring (bicyclic) bond motifs is 4. The van der Waals surface area contributed by atoms with Gasteiger partial charge in [-0.1, -0.05) is 32.9 Å². The van der Waals surface area contributed by atoms with Crippen LogP contribution in [-0.2, 0) is 28.7 Å². The molecule has 0 amide bonds. The summed E-state index contributed by atoms with van der Waals surface area (Å²) in [6.07, 6.45) is 19.7. The van der Waals surface area contributed by atoms with Gasteiger partial charge >= 0.3 is 109 Å². The van der Waals surface area contributed by atoms with E-state index in [4.69, 9.17) is 24.2 Å². The predicted molar refractivity (Wildman–Crippen MR) is 376 cm³/mol. The molecular formula is C71H72K2N20O11S. The van der Waals surface area contributed by atoms with Crippen molar-refractivity contribution in [2.45, 2.75) is 77.7 Å². The molecule has 5 aromatic heterocycles. The molecular weight excluding hydrogens is 1420 g/mol. The largest absolute Gasteiger partial charge is 1.00 e. The fraction of sp³-hybridized carbons (Fsp3) is 0.352. The first-order chi connectivity index (χ1) is 49.7. The number of nitriles is 4. The SMILES string of the molecule is C[C@H]1C[C@@H](n2ccnn2)CN(c2ccc(C#N)c3nccnc23)C1.C[C@H]1C[C@H](O)CN(c2ccc(C#N)c3nccnc23)C1.C[C@H]1C[C@H](OC(=O)c2ccc([N+](=O)[O-])cc2)CN(c2ccc(C#N)c3nccnc23)C1.C[C@H]1C[C@H](OS(C)(=O)=O)CN(c2ccc(C#N)c3nccnc23)C1.O=CO[O-].[H-].[K+].[K+]. The van der Waals surface area contributed by atoms with Gasteiger partial charge in [-0.3, -0.25) is 59.0 Å². The van der Waals surface area contributed by atoms with E-state index in [-0.39, 0.29) is 152 Å². The fourth-order valence-electron chi connectivity index (χ4n) is 13.5. The number of β-amino-alcohol motifs (C(OH)–C–C–N with tert-alkyl or cyclic N) is 1. The Morgan fingerprint density at radius 3 is 1.24 bits per heavy atom. The van der Waals surface area contributed by atoms with E-state index < -0.39 is 27.1 Å². The first kappa shape index (κ1) is 81.9. The second kappa shape index (κ2) is 38.5. The molecule has 5 aromatic carbocycles. The molecule has 1 N–H and O–H groups in total. The molecule has 4 fully saturated rings. The van der Waals surface area contributed by atoms with Crippen LogP contribution in [0.25, 0.3) is 44.1 Å². The predicted octanol–water partition coefficient (Wildman–Crippen LogP) is 1.62. The number of aromatic nitrogens is 11. The van der Waals surface area contributed by atoms with Crippen LogP contribution in [0.3, 0.4) is 0 Å². The number of piperidine rings is 4. The van der Waals surface area contributed by atoms with Crippen LogP contribution in [0.15, 0.2) is 135 Å². The molecule has 0 bridgehead atoms. The molecule has 34 heteroatoms. The Hall–Kier alpha value is -8.80. The molecule has 530 valence electrons. The second-order valence-corrected chi connectivity index (χ2v) is 27.2. The monoisotopic (exact) mass is 1490 g/mol. The molecule has 31 nitrogen and oxygen atoms in total. The van der Waals surface area contributed by atoms with Gasteiger partial charge in [0, 0.05) is 114 Å². The van der Waals surface area contributed by atoms with Gasteiger partial charge in [0.15, 0.2) is 0 Å². The molecule has 0 spiro atoms. The van der Waals surface area contributed by atoms with Crippen molar-refractivity contribution in [3.63, 3.8) is 0 Å². The maximum atomic E-state index is 12.6. The second-order valence-electron chi connectivity index (χ2n) is 25.6. The molecule has 0 unspecified atom stereocenters. The van der Waals surface area contributed by atoms with E-state index in [0.29, 0.717) is 99.7 Å². The van der Waals surface area contributed by atoms with Crippen LogP contribution in [0.4, 0.5) is 28.4 Å². The quantitative estimate of drug-likeness (QED) is 0.0365. The average molecular weight is 1490 g/mol. The van der Waals surface area contributed by atoms with Gasteiger partial charge in [-0.25, -0.2) is 9.48 Å². The number of carbonyl (C=O) groups is 2. The minimum atomic E-state index is -3.50. The number of nitro benzene ring substituents is 1. The topological polar surface area (TPSA) is 424 Å². The van der Waals surface area contributed by atoms with Crippen molar-refractivity contribution in [1.29, 1.82) is 21.0 Å². The summed E-state index contributed by atoms with van der Waals surface area (Å²) >= 11 is 0. The Balaban J connectivity index is 0.000000194. The molecule has 0 aliphatic carbocycles. The molecule has 4 saturated heterocycles. The van der Waals surface area contributed by atoms with Crippen LogP contribution < -0.4 is 128 Å². The van der Waals surface area contributed by atoms with Crippen molar-refractivity contribution in [2.75, 3.05) is 78.2 Å². The zero-order valence-corrected chi connectivity index (χ0v) is 65.8. The fourth-order valence-corrected chi connectivity index (χ4v) is 14.1. The molecule has 4 aliphatic rings. The van der Waals surface area contributed by atoms with Gasteiger partial charge in [-0.2, -0.15) is 29.5 Å². The summed E-state index contributed by atoms with van der Waals surface area (Å²) in [6.45, 7) is 14.0. The Morgan fingerprint density at radius 2 is 0.886 bits per heavy atom. The first-order valence-electron chi connectivity index (χ1n) is 32.8. The summed E-state index contributed by atoms with van der Waals surface area (Å²) < 4.78 is 35.7. The number of nitro groups is 1. The van der Waals surface area contributed by atoms with Gasteiger partial charge < -0.3 is 41.0 Å². The number of nitrogens with zero attached hydrogens (tertiary/aromatic N) is 20. The van der Waals surface area contributed by atoms with E-state index in [1.165, 1.54) is 24.3 Å². The zero-order valence-electron chi connectivity index (χ0n) is 59.8. The van der Waals surface area contributed by atoms with Crippen molar-refractivity contribution >= 4 is 95.1 Å². The van der Waals surface area contributed by atoms with Crippen molar-refractivity contribution in [3.05, 3.63) is 173 Å². The first-order valence-corrected chi connectivity index (χ1v) is 34.7. The number of rotatable bonds is 11. The van der Waals surface area contributed by atoms with Gasteiger partial charge in [0.2, 0.25) is 0 Å². The Kier molecular flexibility index (Phi) is 30.0. The van der Waals surface area contributed by atoms with Gasteiger partial charge in [-0.15, -0.1) is 5.10 Å². The van der Waals surface area contributed by atoms with Crippen molar-refractivity contribution < 1.29 is 151 Å². The molecule has 10 aromatic rings. The number of anilines is 4. The van der Waals surface area contributed by atoms with Crippen LogP contribution in [0, 0.1) is 79.1 Å². The standard InChI is InChI=1S/C22H19N5O4.C17H17N7.C16H18N4O3S.C15H16N4O.CH2O3.2K.H/c1-14-10-18(31-22(28)15-2-5-17(6-3-15)27(29)30)13-26(12-14)19-7-4-16(11-23)20-21(19)25-9-8-24-20;1-12-8-14(24-7-6-21-22-24)11-23(10-12)15-3-2-13(9-18)16-17(15)20-5-4-19-16;1-11-7-13(23-24(2,21)22)10-20(9-11)14-4-3-12(8-17)15-16(14)19-6-5-18-15;1-10-6-12(20)9-19(8-10)13-3-2-11(7-16)14-15(13)18-5-4-17-14;2-1-4-3;;;/h2-9,14,18H,10,12-13H2,1H3;2-7,12,14H,8,10-11H2,1H3;3-6,11,13H,7,9-10H2,1-2H3;2-5,10,12,20H,6,8-9H2,1H3;1,3H;;;/q;;;;;2*+1;-1/p-1/t14-,18-;12-,14+;11-,13-;10-,12-;;;;/m0000..../s1. The Labute approximate surface area is 691 Å². The molecule has 14 rings (SSSR count). The van der Waals surface area contributed by atoms with E-state index in [1.807, 2.05) is 41.2 Å². The molecule has 0 radical (unpaired) electrons. The zero-order chi connectivity index (χ0) is 73.3. The van der Waals surface area contributed by atoms with E-state index in [2.05, 4.69) is 127 Å². The summed E-state index contributed by atoms with van der Waals surface area (Å²) in [4.78, 5) is 77.6. The van der Waals surface area contributed by atoms with Gasteiger partial charge in [-0.05, 0) is 110 Å². The molecule has 4 aliphatic heterocycles. The summed E-state index contributed by atoms with van der Waals surface area (Å²) in [5, 5.41) is 74.3. The number of aliphatic hydroxyl groups is 1. The van der Waals surface area contributed by atoms with E-state index in [0.717, 1.165) is 85.6 Å². The minimum absolute atomic E-state index is 0. The average Bonchev–Trinajstić information content (AvgIpc) is 0.868. The van der Waals surface area contributed by atoms with Gasteiger partial charge in [0.05, 0.1) is 92.7 Å². The number of aliphatic hydroxyl groups excluding tert-OH is 1. The Bertz CT molecular complexity index is 4990. The van der Waals surface area contributed by atoms with Gasteiger partial charge in [0.1, 0.15) is 74.5 Å². The Morgan fingerprint density at radius 1 is 0.533 bits per heavy atom. The summed E-state index contributed by atoms with van der Waals surface area (Å²) in [7, 11) is -3.50. The number of hydrogen-bond donors (Lipinski definition) is 1. The van der Waals surface area contributed by atoms with Crippen LogP contribution in [-0.4, -0.2) is 163 Å². The third kappa shape index (κ3) is 21.1. The van der Waals surface area contributed by atoms with Gasteiger partial charge in [0.25, 0.3) is 22.3 Å². The summed E-state index contributed by atoms with van der Waals surface area (Å²) in [5.74, 6) is 0.966.